The van der Waals surface area contributed by atoms with Crippen molar-refractivity contribution in [2.75, 3.05) is 13.2 Å². The SMILES string of the molecule is CCOC1(OCC)[NH+]=C(N)C2(C#N)C(c3cccc(C(F)(F)F)c3)C12C#N. The van der Waals surface area contributed by atoms with E-state index in [-0.39, 0.29) is 24.6 Å². The average molecular weight is 379 g/mol. The van der Waals surface area contributed by atoms with E-state index in [0.29, 0.717) is 0 Å². The fourth-order valence-corrected chi connectivity index (χ4v) is 4.25. The highest BCUT2D eigenvalue weighted by molar-refractivity contribution is 5.95. The second kappa shape index (κ2) is 5.95. The first-order valence-electron chi connectivity index (χ1n) is 8.39. The molecular formula is C18H18F3N4O2+. The summed E-state index contributed by atoms with van der Waals surface area (Å²) in [5.74, 6) is -2.69. The number of fused-ring (bicyclic) bond motifs is 1. The molecule has 142 valence electrons. The number of halogens is 3. The van der Waals surface area contributed by atoms with E-state index in [4.69, 9.17) is 15.2 Å². The highest BCUT2D eigenvalue weighted by atomic mass is 19.4. The normalized spacial score (nSPS) is 30.8. The van der Waals surface area contributed by atoms with Gasteiger partial charge in [0, 0.05) is 5.92 Å². The third-order valence-corrected chi connectivity index (χ3v) is 5.24. The Hall–Kier alpha value is -2.62. The molecule has 0 radical (unpaired) electrons. The highest BCUT2D eigenvalue weighted by Crippen LogP contribution is 2.78. The smallest absolute Gasteiger partial charge is 0.314 e. The van der Waals surface area contributed by atoms with Gasteiger partial charge in [-0.15, -0.1) is 0 Å². The molecule has 1 saturated carbocycles. The summed E-state index contributed by atoms with van der Waals surface area (Å²) in [6.45, 7) is 3.64. The maximum atomic E-state index is 13.1. The number of benzene rings is 1. The Morgan fingerprint density at radius 3 is 2.30 bits per heavy atom. The van der Waals surface area contributed by atoms with Crippen LogP contribution in [-0.4, -0.2) is 25.0 Å². The molecule has 27 heavy (non-hydrogen) atoms. The quantitative estimate of drug-likeness (QED) is 0.743. The molecule has 0 saturated heterocycles. The number of nitrogens with two attached hydrogens (primary N) is 1. The molecule has 3 N–H and O–H groups in total. The van der Waals surface area contributed by atoms with Crippen LogP contribution in [0, 0.1) is 33.5 Å². The van der Waals surface area contributed by atoms with Gasteiger partial charge in [-0.25, -0.2) is 4.99 Å². The lowest BCUT2D eigenvalue weighted by atomic mass is 9.93. The Bertz CT molecular complexity index is 880. The zero-order chi connectivity index (χ0) is 20.1. The van der Waals surface area contributed by atoms with E-state index in [9.17, 15) is 23.7 Å². The minimum absolute atomic E-state index is 0.0455. The van der Waals surface area contributed by atoms with Gasteiger partial charge in [0.15, 0.2) is 10.8 Å². The van der Waals surface area contributed by atoms with Gasteiger partial charge >= 0.3 is 12.1 Å². The van der Waals surface area contributed by atoms with Gasteiger partial charge in [0.1, 0.15) is 0 Å². The summed E-state index contributed by atoms with van der Waals surface area (Å²) < 4.78 is 50.8. The maximum absolute atomic E-state index is 13.1. The zero-order valence-corrected chi connectivity index (χ0v) is 14.7. The fourth-order valence-electron chi connectivity index (χ4n) is 4.25. The molecule has 3 rings (SSSR count). The highest BCUT2D eigenvalue weighted by Gasteiger charge is 2.97. The minimum atomic E-state index is -4.55. The Labute approximate surface area is 154 Å². The molecule has 1 aromatic rings. The molecule has 1 aromatic carbocycles. The van der Waals surface area contributed by atoms with Crippen molar-refractivity contribution in [3.63, 3.8) is 0 Å². The average Bonchev–Trinajstić information content (AvgIpc) is 3.20. The molecular weight excluding hydrogens is 361 g/mol. The predicted octanol–water partition coefficient (Wildman–Crippen LogP) is 1.00. The van der Waals surface area contributed by atoms with Gasteiger partial charge in [0.2, 0.25) is 0 Å². The molecule has 9 heteroatoms. The van der Waals surface area contributed by atoms with Crippen molar-refractivity contribution in [3.8, 4) is 12.1 Å². The van der Waals surface area contributed by atoms with Crippen LogP contribution >= 0.6 is 0 Å². The third kappa shape index (κ3) is 2.16. The number of nitrogens with zero attached hydrogens (tertiary/aromatic N) is 2. The molecule has 3 unspecified atom stereocenters. The lowest BCUT2D eigenvalue weighted by molar-refractivity contribution is -0.693. The van der Waals surface area contributed by atoms with E-state index >= 15 is 0 Å². The van der Waals surface area contributed by atoms with Crippen LogP contribution in [0.5, 0.6) is 0 Å². The van der Waals surface area contributed by atoms with E-state index in [1.807, 2.05) is 6.07 Å². The molecule has 2 aliphatic rings. The molecule has 1 aliphatic heterocycles. The van der Waals surface area contributed by atoms with Gasteiger partial charge < -0.3 is 9.47 Å². The maximum Gasteiger partial charge on any atom is 0.416 e. The molecule has 0 aromatic heterocycles. The first-order chi connectivity index (χ1) is 12.7. The summed E-state index contributed by atoms with van der Waals surface area (Å²) in [4.78, 5) is 2.78. The zero-order valence-electron chi connectivity index (χ0n) is 14.7. The predicted molar refractivity (Wildman–Crippen MR) is 86.4 cm³/mol. The van der Waals surface area contributed by atoms with Gasteiger partial charge in [-0.3, -0.25) is 5.73 Å². The van der Waals surface area contributed by atoms with E-state index in [1.165, 1.54) is 12.1 Å². The Morgan fingerprint density at radius 1 is 1.19 bits per heavy atom. The molecule has 1 aliphatic carbocycles. The fraction of sp³-hybridized carbons (Fsp3) is 0.500. The lowest BCUT2D eigenvalue weighted by Crippen LogP contribution is -2.91. The molecule has 1 fully saturated rings. The number of nitriles is 2. The van der Waals surface area contributed by atoms with E-state index in [0.717, 1.165) is 12.1 Å². The molecule has 1 heterocycles. The second-order valence-corrected chi connectivity index (χ2v) is 6.42. The third-order valence-electron chi connectivity index (χ3n) is 5.24. The Balaban J connectivity index is 2.21. The monoisotopic (exact) mass is 379 g/mol. The van der Waals surface area contributed by atoms with E-state index in [1.54, 1.807) is 13.8 Å². The number of hydrogen-bond acceptors (Lipinski definition) is 5. The summed E-state index contributed by atoms with van der Waals surface area (Å²) in [5.41, 5.74) is 2.21. The van der Waals surface area contributed by atoms with Crippen LogP contribution in [0.25, 0.3) is 0 Å². The van der Waals surface area contributed by atoms with Crippen molar-refractivity contribution in [1.29, 1.82) is 10.5 Å². The van der Waals surface area contributed by atoms with E-state index in [2.05, 4.69) is 11.1 Å². The molecule has 0 spiro atoms. The van der Waals surface area contributed by atoms with Crippen LogP contribution in [-0.2, 0) is 15.7 Å². The summed E-state index contributed by atoms with van der Waals surface area (Å²) in [6.07, 6.45) is -4.55. The summed E-state index contributed by atoms with van der Waals surface area (Å²) in [7, 11) is 0. The topological polar surface area (TPSA) is 106 Å². The lowest BCUT2D eigenvalue weighted by Gasteiger charge is -2.29. The molecule has 3 atom stereocenters. The molecule has 0 bridgehead atoms. The van der Waals surface area contributed by atoms with Gasteiger partial charge in [-0.05, 0) is 25.5 Å². The van der Waals surface area contributed by atoms with E-state index < -0.39 is 34.4 Å². The van der Waals surface area contributed by atoms with Crippen LogP contribution < -0.4 is 10.7 Å². The first-order valence-corrected chi connectivity index (χ1v) is 8.39. The summed E-state index contributed by atoms with van der Waals surface area (Å²) in [6, 6.07) is 8.70. The number of ether oxygens (including phenoxy) is 2. The number of amidine groups is 1. The number of nitrogens with one attached hydrogen (secondary N) is 1. The van der Waals surface area contributed by atoms with Gasteiger partial charge in [0.25, 0.3) is 5.84 Å². The van der Waals surface area contributed by atoms with Crippen molar-refractivity contribution in [2.45, 2.75) is 31.9 Å². The summed E-state index contributed by atoms with van der Waals surface area (Å²) in [5, 5.41) is 19.9. The van der Waals surface area contributed by atoms with Crippen molar-refractivity contribution in [1.82, 2.24) is 0 Å². The minimum Gasteiger partial charge on any atom is -0.314 e. The second-order valence-electron chi connectivity index (χ2n) is 6.42. The van der Waals surface area contributed by atoms with Crippen molar-refractivity contribution < 1.29 is 27.6 Å². The molecule has 0 amide bonds. The van der Waals surface area contributed by atoms with Crippen LogP contribution in [0.2, 0.25) is 0 Å². The van der Waals surface area contributed by atoms with Gasteiger partial charge in [-0.2, -0.15) is 23.7 Å². The van der Waals surface area contributed by atoms with Crippen molar-refractivity contribution >= 4 is 5.84 Å². The van der Waals surface area contributed by atoms with Crippen LogP contribution in [0.15, 0.2) is 24.3 Å². The van der Waals surface area contributed by atoms with Crippen LogP contribution in [0.1, 0.15) is 30.9 Å². The van der Waals surface area contributed by atoms with Crippen LogP contribution in [0.4, 0.5) is 13.2 Å². The largest absolute Gasteiger partial charge is 0.416 e. The van der Waals surface area contributed by atoms with Gasteiger partial charge in [-0.1, -0.05) is 18.2 Å². The van der Waals surface area contributed by atoms with Gasteiger partial charge in [0.05, 0.1) is 30.9 Å². The van der Waals surface area contributed by atoms with Crippen molar-refractivity contribution in [2.24, 2.45) is 16.6 Å². The number of rotatable bonds is 5. The summed E-state index contributed by atoms with van der Waals surface area (Å²) >= 11 is 0. The number of alkyl halides is 3. The van der Waals surface area contributed by atoms with Crippen LogP contribution in [0.3, 0.4) is 0 Å². The van der Waals surface area contributed by atoms with Crippen molar-refractivity contribution in [3.05, 3.63) is 35.4 Å². The standard InChI is InChI=1S/C18H17F3N4O2/c1-3-26-18(27-4-2)16(10-23)13(15(16,9-22)14(24)25-18)11-6-5-7-12(8-11)17(19,20)21/h5-8,13H,3-4H2,1-2H3,(H2,24,25)/p+1. The Kier molecular flexibility index (Phi) is 4.22. The number of hydrogen-bond donors (Lipinski definition) is 2. The Morgan fingerprint density at radius 2 is 1.81 bits per heavy atom. The molecule has 6 nitrogen and oxygen atoms in total. The first kappa shape index (κ1) is 19.2.